The van der Waals surface area contributed by atoms with E-state index < -0.39 is 0 Å². The maximum absolute atomic E-state index is 5.14. The molecule has 0 aliphatic heterocycles. The van der Waals surface area contributed by atoms with Crippen LogP contribution in [0.5, 0.6) is 0 Å². The van der Waals surface area contributed by atoms with Crippen molar-refractivity contribution in [3.05, 3.63) is 182 Å². The molecule has 0 spiro atoms. The first-order valence-corrected chi connectivity index (χ1v) is 18.2. The Bertz CT molecular complexity index is 3240. The summed E-state index contributed by atoms with van der Waals surface area (Å²) in [4.78, 5) is 20.2. The van der Waals surface area contributed by atoms with Crippen molar-refractivity contribution in [2.75, 3.05) is 0 Å². The number of hydrogen-bond donors (Lipinski definition) is 0. The van der Waals surface area contributed by atoms with Crippen LogP contribution < -0.4 is 0 Å². The van der Waals surface area contributed by atoms with Crippen LogP contribution in [-0.2, 0) is 0 Å². The standard InChI is InChI=1S/C50H30N4/c1-2-11-34(12-3-1)48-52-49(54-50(53-48)46-27-25-33-21-20-32-10-4-5-13-39(32)47(33)51-46)37-23-19-31-18-22-35(28-38(31)29-37)36-24-26-44-42-16-7-6-14-40(42)41-15-8-9-17-43(41)45(44)30-36/h1-30H. The maximum atomic E-state index is 5.14. The van der Waals surface area contributed by atoms with Gasteiger partial charge < -0.3 is 0 Å². The molecule has 54 heavy (non-hydrogen) atoms. The number of rotatable bonds is 4. The van der Waals surface area contributed by atoms with E-state index in [0.29, 0.717) is 23.2 Å². The number of pyridine rings is 1. The van der Waals surface area contributed by atoms with Crippen molar-refractivity contribution in [2.24, 2.45) is 0 Å². The zero-order chi connectivity index (χ0) is 35.6. The second-order valence-electron chi connectivity index (χ2n) is 13.9. The molecule has 9 aromatic carbocycles. The zero-order valence-electron chi connectivity index (χ0n) is 29.1. The van der Waals surface area contributed by atoms with Crippen LogP contribution in [0.2, 0.25) is 0 Å². The SMILES string of the molecule is c1ccc(-c2nc(-c3ccc4ccc(-c5ccc6c7ccccc7c7ccccc7c6c5)cc4c3)nc(-c3ccc4ccc5ccccc5c4n3)n2)cc1. The first-order valence-electron chi connectivity index (χ1n) is 18.2. The molecule has 0 N–H and O–H groups in total. The van der Waals surface area contributed by atoms with Crippen LogP contribution in [0.3, 0.4) is 0 Å². The minimum Gasteiger partial charge on any atom is -0.244 e. The van der Waals surface area contributed by atoms with Crippen LogP contribution in [0.25, 0.3) is 110 Å². The van der Waals surface area contributed by atoms with Gasteiger partial charge in [-0.3, -0.25) is 0 Å². The molecule has 0 fully saturated rings. The molecule has 0 aliphatic carbocycles. The topological polar surface area (TPSA) is 51.6 Å². The Morgan fingerprint density at radius 2 is 0.741 bits per heavy atom. The van der Waals surface area contributed by atoms with Gasteiger partial charge in [-0.15, -0.1) is 0 Å². The molecule has 11 rings (SSSR count). The van der Waals surface area contributed by atoms with Gasteiger partial charge >= 0.3 is 0 Å². The van der Waals surface area contributed by atoms with Crippen molar-refractivity contribution in [3.63, 3.8) is 0 Å². The highest BCUT2D eigenvalue weighted by Gasteiger charge is 2.16. The van der Waals surface area contributed by atoms with Crippen molar-refractivity contribution < 1.29 is 0 Å². The lowest BCUT2D eigenvalue weighted by Crippen LogP contribution is -2.01. The van der Waals surface area contributed by atoms with Gasteiger partial charge in [-0.1, -0.05) is 158 Å². The normalized spacial score (nSPS) is 11.7. The van der Waals surface area contributed by atoms with Crippen molar-refractivity contribution in [3.8, 4) is 45.4 Å². The summed E-state index contributed by atoms with van der Waals surface area (Å²) in [7, 11) is 0. The molecule has 11 aromatic rings. The van der Waals surface area contributed by atoms with Gasteiger partial charge in [-0.05, 0) is 83.9 Å². The Kier molecular flexibility index (Phi) is 6.82. The van der Waals surface area contributed by atoms with Crippen molar-refractivity contribution in [1.82, 2.24) is 19.9 Å². The van der Waals surface area contributed by atoms with E-state index in [1.807, 2.05) is 36.4 Å². The molecule has 4 nitrogen and oxygen atoms in total. The van der Waals surface area contributed by atoms with Crippen molar-refractivity contribution in [2.45, 2.75) is 0 Å². The molecule has 2 aromatic heterocycles. The smallest absolute Gasteiger partial charge is 0.182 e. The second-order valence-corrected chi connectivity index (χ2v) is 13.9. The minimum absolute atomic E-state index is 0.540. The average Bonchev–Trinajstić information content (AvgIpc) is 3.26. The molecule has 0 amide bonds. The van der Waals surface area contributed by atoms with E-state index in [0.717, 1.165) is 49.1 Å². The first kappa shape index (κ1) is 30.3. The molecule has 0 aliphatic rings. The van der Waals surface area contributed by atoms with E-state index in [9.17, 15) is 0 Å². The zero-order valence-corrected chi connectivity index (χ0v) is 29.1. The number of hydrogen-bond acceptors (Lipinski definition) is 4. The van der Waals surface area contributed by atoms with E-state index in [4.69, 9.17) is 19.9 Å². The quantitative estimate of drug-likeness (QED) is 0.173. The lowest BCUT2D eigenvalue weighted by Gasteiger charge is -2.12. The number of benzene rings is 9. The van der Waals surface area contributed by atoms with Gasteiger partial charge in [0.1, 0.15) is 5.69 Å². The fourth-order valence-corrected chi connectivity index (χ4v) is 7.97. The molecule has 250 valence electrons. The molecule has 4 heteroatoms. The van der Waals surface area contributed by atoms with Gasteiger partial charge in [-0.2, -0.15) is 0 Å². The molecule has 0 atom stereocenters. The predicted molar refractivity (Wildman–Crippen MR) is 224 cm³/mol. The number of aromatic nitrogens is 4. The molecule has 0 unspecified atom stereocenters. The number of fused-ring (bicyclic) bond motifs is 10. The maximum Gasteiger partial charge on any atom is 0.182 e. The van der Waals surface area contributed by atoms with Crippen molar-refractivity contribution in [1.29, 1.82) is 0 Å². The van der Waals surface area contributed by atoms with Gasteiger partial charge in [0.15, 0.2) is 17.5 Å². The Morgan fingerprint density at radius 3 is 1.50 bits per heavy atom. The predicted octanol–water partition coefficient (Wildman–Crippen LogP) is 12.9. The van der Waals surface area contributed by atoms with E-state index >= 15 is 0 Å². The third-order valence-electron chi connectivity index (χ3n) is 10.7. The minimum atomic E-state index is 0.540. The summed E-state index contributed by atoms with van der Waals surface area (Å²) in [6, 6.07) is 64.3. The van der Waals surface area contributed by atoms with Gasteiger partial charge in [0.25, 0.3) is 0 Å². The fourth-order valence-electron chi connectivity index (χ4n) is 7.97. The molecule has 0 saturated heterocycles. The van der Waals surface area contributed by atoms with E-state index in [-0.39, 0.29) is 0 Å². The molecule has 2 heterocycles. The highest BCUT2D eigenvalue weighted by atomic mass is 15.0. The summed E-state index contributed by atoms with van der Waals surface area (Å²) in [5, 5.41) is 13.2. The van der Waals surface area contributed by atoms with Crippen LogP contribution in [0.1, 0.15) is 0 Å². The van der Waals surface area contributed by atoms with E-state index in [2.05, 4.69) is 146 Å². The highest BCUT2D eigenvalue weighted by molar-refractivity contribution is 6.25. The third kappa shape index (κ3) is 5.00. The van der Waals surface area contributed by atoms with Gasteiger partial charge in [-0.25, -0.2) is 19.9 Å². The molecule has 0 radical (unpaired) electrons. The summed E-state index contributed by atoms with van der Waals surface area (Å²) >= 11 is 0. The van der Waals surface area contributed by atoms with Crippen LogP contribution in [0.4, 0.5) is 0 Å². The van der Waals surface area contributed by atoms with Gasteiger partial charge in [0, 0.05) is 21.9 Å². The van der Waals surface area contributed by atoms with Crippen LogP contribution in [0.15, 0.2) is 182 Å². The molecule has 0 saturated carbocycles. The average molecular weight is 687 g/mol. The highest BCUT2D eigenvalue weighted by Crippen LogP contribution is 2.38. The largest absolute Gasteiger partial charge is 0.244 e. The van der Waals surface area contributed by atoms with Crippen LogP contribution >= 0.6 is 0 Å². The fraction of sp³-hybridized carbons (Fsp3) is 0. The van der Waals surface area contributed by atoms with Gasteiger partial charge in [0.05, 0.1) is 5.52 Å². The second kappa shape index (κ2) is 12.1. The summed E-state index contributed by atoms with van der Waals surface area (Å²) in [6.07, 6.45) is 0. The Hall–Kier alpha value is -7.30. The summed E-state index contributed by atoms with van der Waals surface area (Å²) in [6.45, 7) is 0. The van der Waals surface area contributed by atoms with Gasteiger partial charge in [0.2, 0.25) is 0 Å². The molecule has 0 bridgehead atoms. The van der Waals surface area contributed by atoms with E-state index in [1.54, 1.807) is 0 Å². The Labute approximate surface area is 311 Å². The summed E-state index contributed by atoms with van der Waals surface area (Å²) < 4.78 is 0. The monoisotopic (exact) mass is 686 g/mol. The first-order chi connectivity index (χ1) is 26.7. The summed E-state index contributed by atoms with van der Waals surface area (Å²) in [5.74, 6) is 1.76. The van der Waals surface area contributed by atoms with E-state index in [1.165, 1.54) is 37.9 Å². The lowest BCUT2D eigenvalue weighted by molar-refractivity contribution is 1.06. The number of nitrogens with zero attached hydrogens (tertiary/aromatic N) is 4. The summed E-state index contributed by atoms with van der Waals surface area (Å²) in [5.41, 5.74) is 5.82. The lowest BCUT2D eigenvalue weighted by atomic mass is 9.91. The van der Waals surface area contributed by atoms with Crippen molar-refractivity contribution >= 4 is 64.8 Å². The Morgan fingerprint density at radius 1 is 0.241 bits per heavy atom. The molecular formula is C50H30N4. The van der Waals surface area contributed by atoms with Crippen LogP contribution in [0, 0.1) is 0 Å². The van der Waals surface area contributed by atoms with Crippen LogP contribution in [-0.4, -0.2) is 19.9 Å². The molecular weight excluding hydrogens is 657 g/mol. The Balaban J connectivity index is 1.05. The third-order valence-corrected chi connectivity index (χ3v) is 10.7.